The molecule has 0 spiro atoms. The third-order valence-electron chi connectivity index (χ3n) is 2.56. The van der Waals surface area contributed by atoms with Crippen molar-refractivity contribution in [1.29, 1.82) is 0 Å². The summed E-state index contributed by atoms with van der Waals surface area (Å²) >= 11 is 0. The number of aliphatic hydroxyl groups excluding tert-OH is 1. The van der Waals surface area contributed by atoms with Crippen molar-refractivity contribution >= 4 is 5.91 Å². The van der Waals surface area contributed by atoms with Crippen LogP contribution >= 0.6 is 0 Å². The average molecular weight is 200 g/mol. The molecule has 1 rings (SSSR count). The first-order chi connectivity index (χ1) is 6.74. The number of piperidine rings is 1. The fraction of sp³-hybridized carbons (Fsp3) is 0.900. The number of rotatable bonds is 4. The van der Waals surface area contributed by atoms with Crippen LogP contribution in [0.25, 0.3) is 0 Å². The molecule has 4 heteroatoms. The summed E-state index contributed by atoms with van der Waals surface area (Å²) in [7, 11) is 0. The minimum absolute atomic E-state index is 0.0188. The van der Waals surface area contributed by atoms with E-state index in [-0.39, 0.29) is 24.5 Å². The Morgan fingerprint density at radius 3 is 3.00 bits per heavy atom. The van der Waals surface area contributed by atoms with E-state index in [4.69, 9.17) is 5.11 Å². The number of carbonyl (C=O) groups is 1. The number of amides is 1. The highest BCUT2D eigenvalue weighted by Crippen LogP contribution is 2.06. The molecule has 14 heavy (non-hydrogen) atoms. The highest BCUT2D eigenvalue weighted by Gasteiger charge is 2.20. The molecular formula is C10H20N2O2. The topological polar surface area (TPSA) is 61.4 Å². The molecule has 1 amide bonds. The number of aliphatic hydroxyl groups is 1. The maximum Gasteiger partial charge on any atom is 0.237 e. The van der Waals surface area contributed by atoms with Crippen molar-refractivity contribution in [2.45, 2.75) is 32.2 Å². The van der Waals surface area contributed by atoms with E-state index in [1.54, 1.807) is 0 Å². The fourth-order valence-corrected chi connectivity index (χ4v) is 1.54. The monoisotopic (exact) mass is 200 g/mol. The van der Waals surface area contributed by atoms with Crippen molar-refractivity contribution in [3.05, 3.63) is 0 Å². The Morgan fingerprint density at radius 2 is 2.43 bits per heavy atom. The van der Waals surface area contributed by atoms with Crippen LogP contribution in [0.1, 0.15) is 26.2 Å². The van der Waals surface area contributed by atoms with Gasteiger partial charge in [-0.15, -0.1) is 0 Å². The molecule has 1 aliphatic rings. The molecule has 1 heterocycles. The minimum atomic E-state index is -0.0188. The molecule has 0 aliphatic carbocycles. The smallest absolute Gasteiger partial charge is 0.237 e. The molecule has 0 saturated carbocycles. The number of hydrogen-bond donors (Lipinski definition) is 3. The lowest BCUT2D eigenvalue weighted by Crippen LogP contribution is -2.47. The van der Waals surface area contributed by atoms with Crippen LogP contribution in [-0.4, -0.2) is 36.8 Å². The number of hydrogen-bond acceptors (Lipinski definition) is 3. The maximum atomic E-state index is 11.6. The van der Waals surface area contributed by atoms with Crippen molar-refractivity contribution in [1.82, 2.24) is 10.6 Å². The highest BCUT2D eigenvalue weighted by atomic mass is 16.3. The Kier molecular flexibility index (Phi) is 4.90. The average Bonchev–Trinajstić information content (AvgIpc) is 2.26. The van der Waals surface area contributed by atoms with Crippen molar-refractivity contribution in [2.24, 2.45) is 5.92 Å². The Morgan fingerprint density at radius 1 is 1.64 bits per heavy atom. The predicted octanol–water partition coefficient (Wildman–Crippen LogP) is -0.127. The van der Waals surface area contributed by atoms with Gasteiger partial charge in [-0.1, -0.05) is 13.3 Å². The first-order valence-electron chi connectivity index (χ1n) is 5.36. The van der Waals surface area contributed by atoms with Gasteiger partial charge in [0.1, 0.15) is 0 Å². The zero-order valence-electron chi connectivity index (χ0n) is 8.75. The molecule has 1 unspecified atom stereocenters. The lowest BCUT2D eigenvalue weighted by molar-refractivity contribution is -0.123. The second kappa shape index (κ2) is 5.98. The van der Waals surface area contributed by atoms with Crippen LogP contribution in [0.3, 0.4) is 0 Å². The normalized spacial score (nSPS) is 24.3. The summed E-state index contributed by atoms with van der Waals surface area (Å²) in [6.07, 6.45) is 3.22. The highest BCUT2D eigenvalue weighted by molar-refractivity contribution is 5.81. The van der Waals surface area contributed by atoms with Gasteiger partial charge in [-0.25, -0.2) is 0 Å². The Bertz CT molecular complexity index is 179. The lowest BCUT2D eigenvalue weighted by atomic mass is 10.0. The molecule has 0 aromatic carbocycles. The molecule has 4 nitrogen and oxygen atoms in total. The SMILES string of the molecule is CC(CO)CNC(=O)[C@@H]1CCCCN1. The van der Waals surface area contributed by atoms with Crippen LogP contribution < -0.4 is 10.6 Å². The number of nitrogens with one attached hydrogen (secondary N) is 2. The maximum absolute atomic E-state index is 11.6. The van der Waals surface area contributed by atoms with E-state index in [0.29, 0.717) is 6.54 Å². The summed E-state index contributed by atoms with van der Waals surface area (Å²) in [4.78, 5) is 11.6. The van der Waals surface area contributed by atoms with Gasteiger partial charge in [0.2, 0.25) is 5.91 Å². The van der Waals surface area contributed by atoms with Crippen molar-refractivity contribution in [2.75, 3.05) is 19.7 Å². The zero-order chi connectivity index (χ0) is 10.4. The van der Waals surface area contributed by atoms with Crippen LogP contribution in [0, 0.1) is 5.92 Å². The van der Waals surface area contributed by atoms with Gasteiger partial charge in [-0.2, -0.15) is 0 Å². The molecule has 3 N–H and O–H groups in total. The summed E-state index contributed by atoms with van der Waals surface area (Å²) in [6.45, 7) is 3.54. The van der Waals surface area contributed by atoms with Gasteiger partial charge in [0, 0.05) is 13.2 Å². The summed E-state index contributed by atoms with van der Waals surface area (Å²) in [6, 6.07) is -0.0188. The summed E-state index contributed by atoms with van der Waals surface area (Å²) in [5, 5.41) is 14.8. The lowest BCUT2D eigenvalue weighted by Gasteiger charge is -2.23. The van der Waals surface area contributed by atoms with Crippen LogP contribution in [-0.2, 0) is 4.79 Å². The molecule has 82 valence electrons. The first-order valence-corrected chi connectivity index (χ1v) is 5.36. The Hall–Kier alpha value is -0.610. The van der Waals surface area contributed by atoms with Crippen molar-refractivity contribution < 1.29 is 9.90 Å². The van der Waals surface area contributed by atoms with E-state index in [0.717, 1.165) is 25.8 Å². The molecule has 2 atom stereocenters. The Balaban J connectivity index is 2.19. The molecule has 1 saturated heterocycles. The van der Waals surface area contributed by atoms with Gasteiger partial charge in [0.25, 0.3) is 0 Å². The molecule has 0 aromatic heterocycles. The summed E-state index contributed by atoms with van der Waals surface area (Å²) < 4.78 is 0. The van der Waals surface area contributed by atoms with Crippen LogP contribution in [0.4, 0.5) is 0 Å². The summed E-state index contributed by atoms with van der Waals surface area (Å²) in [5.74, 6) is 0.215. The van der Waals surface area contributed by atoms with Gasteiger partial charge in [0.15, 0.2) is 0 Å². The van der Waals surface area contributed by atoms with E-state index in [2.05, 4.69) is 10.6 Å². The van der Waals surface area contributed by atoms with Gasteiger partial charge in [-0.05, 0) is 25.3 Å². The predicted molar refractivity (Wildman–Crippen MR) is 54.9 cm³/mol. The third kappa shape index (κ3) is 3.64. The van der Waals surface area contributed by atoms with E-state index in [1.165, 1.54) is 0 Å². The van der Waals surface area contributed by atoms with Crippen LogP contribution in [0.15, 0.2) is 0 Å². The molecule has 0 bridgehead atoms. The minimum Gasteiger partial charge on any atom is -0.396 e. The summed E-state index contributed by atoms with van der Waals surface area (Å²) in [5.41, 5.74) is 0. The van der Waals surface area contributed by atoms with Gasteiger partial charge < -0.3 is 15.7 Å². The number of carbonyl (C=O) groups excluding carboxylic acids is 1. The Labute approximate surface area is 85.1 Å². The van der Waals surface area contributed by atoms with Gasteiger partial charge in [-0.3, -0.25) is 4.79 Å². The van der Waals surface area contributed by atoms with E-state index >= 15 is 0 Å². The van der Waals surface area contributed by atoms with Crippen LogP contribution in [0.5, 0.6) is 0 Å². The van der Waals surface area contributed by atoms with E-state index in [9.17, 15) is 4.79 Å². The third-order valence-corrected chi connectivity index (χ3v) is 2.56. The first kappa shape index (κ1) is 11.5. The quantitative estimate of drug-likeness (QED) is 0.592. The van der Waals surface area contributed by atoms with E-state index in [1.807, 2.05) is 6.92 Å². The van der Waals surface area contributed by atoms with Crippen LogP contribution in [0.2, 0.25) is 0 Å². The van der Waals surface area contributed by atoms with E-state index < -0.39 is 0 Å². The largest absolute Gasteiger partial charge is 0.396 e. The zero-order valence-corrected chi connectivity index (χ0v) is 8.75. The molecule has 1 fully saturated rings. The second-order valence-corrected chi connectivity index (χ2v) is 4.04. The molecule has 0 radical (unpaired) electrons. The second-order valence-electron chi connectivity index (χ2n) is 4.04. The molecule has 0 aromatic rings. The van der Waals surface area contributed by atoms with Gasteiger partial charge >= 0.3 is 0 Å². The van der Waals surface area contributed by atoms with Crippen molar-refractivity contribution in [3.63, 3.8) is 0 Å². The standard InChI is InChI=1S/C10H20N2O2/c1-8(7-13)6-12-10(14)9-4-2-3-5-11-9/h8-9,11,13H,2-7H2,1H3,(H,12,14)/t8?,9-/m0/s1. The molecule has 1 aliphatic heterocycles. The van der Waals surface area contributed by atoms with Gasteiger partial charge in [0.05, 0.1) is 6.04 Å². The fourth-order valence-electron chi connectivity index (χ4n) is 1.54. The van der Waals surface area contributed by atoms with Crippen molar-refractivity contribution in [3.8, 4) is 0 Å². The molecular weight excluding hydrogens is 180 g/mol.